The third-order valence-electron chi connectivity index (χ3n) is 2.63. The number of halogens is 1. The Labute approximate surface area is 122 Å². The van der Waals surface area contributed by atoms with E-state index in [1.54, 1.807) is 36.4 Å². The molecule has 0 heterocycles. The van der Waals surface area contributed by atoms with Crippen LogP contribution in [0.3, 0.4) is 0 Å². The Kier molecular flexibility index (Phi) is 4.11. The first-order valence-electron chi connectivity index (χ1n) is 5.73. The predicted octanol–water partition coefficient (Wildman–Crippen LogP) is 3.00. The van der Waals surface area contributed by atoms with Crippen molar-refractivity contribution in [2.75, 3.05) is 11.6 Å². The zero-order valence-electron chi connectivity index (χ0n) is 10.6. The first-order chi connectivity index (χ1) is 9.36. The summed E-state index contributed by atoms with van der Waals surface area (Å²) in [7, 11) is -3.30. The summed E-state index contributed by atoms with van der Waals surface area (Å²) in [6.45, 7) is 0. The number of sulfone groups is 1. The van der Waals surface area contributed by atoms with Gasteiger partial charge in [0.15, 0.2) is 9.84 Å². The van der Waals surface area contributed by atoms with Gasteiger partial charge in [-0.25, -0.2) is 8.42 Å². The molecule has 0 bridgehead atoms. The van der Waals surface area contributed by atoms with Crippen molar-refractivity contribution in [1.82, 2.24) is 0 Å². The van der Waals surface area contributed by atoms with Gasteiger partial charge in [-0.1, -0.05) is 17.7 Å². The minimum atomic E-state index is -3.30. The lowest BCUT2D eigenvalue weighted by Crippen LogP contribution is -2.12. The lowest BCUT2D eigenvalue weighted by atomic mass is 10.2. The van der Waals surface area contributed by atoms with E-state index < -0.39 is 9.84 Å². The number of amides is 1. The summed E-state index contributed by atoms with van der Waals surface area (Å²) >= 11 is 5.75. The van der Waals surface area contributed by atoms with E-state index in [1.807, 2.05) is 0 Å². The summed E-state index contributed by atoms with van der Waals surface area (Å²) in [6.07, 6.45) is 1.12. The van der Waals surface area contributed by atoms with Crippen LogP contribution in [0.5, 0.6) is 0 Å². The molecule has 0 aromatic heterocycles. The standard InChI is InChI=1S/C14H12ClNO3S/c1-20(18,19)13-4-2-3-12(9-13)16-14(17)10-5-7-11(15)8-6-10/h2-9H,1H3,(H,16,17). The minimum Gasteiger partial charge on any atom is -0.322 e. The van der Waals surface area contributed by atoms with Gasteiger partial charge in [0.25, 0.3) is 5.91 Å². The topological polar surface area (TPSA) is 63.2 Å². The number of carbonyl (C=O) groups excluding carboxylic acids is 1. The highest BCUT2D eigenvalue weighted by molar-refractivity contribution is 7.90. The number of hydrogen-bond acceptors (Lipinski definition) is 3. The number of carbonyl (C=O) groups is 1. The predicted molar refractivity (Wildman–Crippen MR) is 79.0 cm³/mol. The van der Waals surface area contributed by atoms with E-state index >= 15 is 0 Å². The van der Waals surface area contributed by atoms with Crippen LogP contribution < -0.4 is 5.32 Å². The van der Waals surface area contributed by atoms with Crippen molar-refractivity contribution in [3.8, 4) is 0 Å². The van der Waals surface area contributed by atoms with E-state index in [-0.39, 0.29) is 10.8 Å². The van der Waals surface area contributed by atoms with E-state index in [0.717, 1.165) is 6.26 Å². The molecule has 2 aromatic rings. The normalized spacial score (nSPS) is 11.1. The van der Waals surface area contributed by atoms with Gasteiger partial charge in [0.2, 0.25) is 0 Å². The van der Waals surface area contributed by atoms with Gasteiger partial charge in [0, 0.05) is 22.5 Å². The Morgan fingerprint density at radius 3 is 2.35 bits per heavy atom. The van der Waals surface area contributed by atoms with Gasteiger partial charge >= 0.3 is 0 Å². The van der Waals surface area contributed by atoms with Crippen molar-refractivity contribution in [1.29, 1.82) is 0 Å². The fourth-order valence-corrected chi connectivity index (χ4v) is 2.40. The second-order valence-corrected chi connectivity index (χ2v) is 6.71. The molecule has 104 valence electrons. The van der Waals surface area contributed by atoms with Gasteiger partial charge in [-0.2, -0.15) is 0 Å². The van der Waals surface area contributed by atoms with E-state index in [2.05, 4.69) is 5.32 Å². The van der Waals surface area contributed by atoms with Gasteiger partial charge in [-0.15, -0.1) is 0 Å². The summed E-state index contributed by atoms with van der Waals surface area (Å²) in [5.74, 6) is -0.327. The summed E-state index contributed by atoms with van der Waals surface area (Å²) in [5, 5.41) is 3.19. The molecule has 0 saturated heterocycles. The zero-order valence-corrected chi connectivity index (χ0v) is 12.2. The van der Waals surface area contributed by atoms with Crippen LogP contribution in [-0.2, 0) is 9.84 Å². The molecule has 0 aliphatic rings. The van der Waals surface area contributed by atoms with E-state index in [1.165, 1.54) is 12.1 Å². The molecule has 0 unspecified atom stereocenters. The quantitative estimate of drug-likeness (QED) is 0.948. The Morgan fingerprint density at radius 1 is 1.10 bits per heavy atom. The van der Waals surface area contributed by atoms with Gasteiger partial charge in [-0.3, -0.25) is 4.79 Å². The average molecular weight is 310 g/mol. The van der Waals surface area contributed by atoms with Crippen LogP contribution in [0, 0.1) is 0 Å². The maximum atomic E-state index is 12.0. The second kappa shape index (κ2) is 5.64. The molecule has 0 radical (unpaired) electrons. The molecule has 1 N–H and O–H groups in total. The third-order valence-corrected chi connectivity index (χ3v) is 3.99. The molecule has 2 aromatic carbocycles. The third kappa shape index (κ3) is 3.59. The molecule has 0 atom stereocenters. The van der Waals surface area contributed by atoms with Crippen molar-refractivity contribution in [2.24, 2.45) is 0 Å². The maximum absolute atomic E-state index is 12.0. The molecule has 0 saturated carbocycles. The Morgan fingerprint density at radius 2 is 1.75 bits per heavy atom. The van der Waals surface area contributed by atoms with E-state index in [4.69, 9.17) is 11.6 Å². The lowest BCUT2D eigenvalue weighted by molar-refractivity contribution is 0.102. The van der Waals surface area contributed by atoms with Crippen LogP contribution in [0.2, 0.25) is 5.02 Å². The molecule has 0 fully saturated rings. The molecule has 4 nitrogen and oxygen atoms in total. The average Bonchev–Trinajstić information content (AvgIpc) is 2.38. The smallest absolute Gasteiger partial charge is 0.255 e. The van der Waals surface area contributed by atoms with Crippen LogP contribution in [-0.4, -0.2) is 20.6 Å². The van der Waals surface area contributed by atoms with Crippen LogP contribution in [0.4, 0.5) is 5.69 Å². The highest BCUT2D eigenvalue weighted by atomic mass is 35.5. The Hall–Kier alpha value is -1.85. The van der Waals surface area contributed by atoms with Crippen LogP contribution in [0.25, 0.3) is 0 Å². The molecule has 2 rings (SSSR count). The van der Waals surface area contributed by atoms with Crippen molar-refractivity contribution in [3.05, 3.63) is 59.1 Å². The molecular weight excluding hydrogens is 298 g/mol. The van der Waals surface area contributed by atoms with Crippen molar-refractivity contribution >= 4 is 33.0 Å². The number of hydrogen-bond donors (Lipinski definition) is 1. The SMILES string of the molecule is CS(=O)(=O)c1cccc(NC(=O)c2ccc(Cl)cc2)c1. The summed E-state index contributed by atoms with van der Waals surface area (Å²) in [5.41, 5.74) is 0.868. The summed E-state index contributed by atoms with van der Waals surface area (Å²) < 4.78 is 22.9. The maximum Gasteiger partial charge on any atom is 0.255 e. The van der Waals surface area contributed by atoms with E-state index in [0.29, 0.717) is 16.3 Å². The van der Waals surface area contributed by atoms with E-state index in [9.17, 15) is 13.2 Å². The van der Waals surface area contributed by atoms with Gasteiger partial charge in [0.05, 0.1) is 4.90 Å². The molecule has 0 aliphatic carbocycles. The van der Waals surface area contributed by atoms with Crippen LogP contribution in [0.15, 0.2) is 53.4 Å². The molecular formula is C14H12ClNO3S. The second-order valence-electron chi connectivity index (χ2n) is 4.26. The summed E-state index contributed by atoms with van der Waals surface area (Å²) in [6, 6.07) is 12.5. The van der Waals surface area contributed by atoms with Crippen molar-refractivity contribution in [3.63, 3.8) is 0 Å². The zero-order chi connectivity index (χ0) is 14.8. The lowest BCUT2D eigenvalue weighted by Gasteiger charge is -2.07. The van der Waals surface area contributed by atoms with Crippen LogP contribution >= 0.6 is 11.6 Å². The van der Waals surface area contributed by atoms with Gasteiger partial charge in [-0.05, 0) is 42.5 Å². The molecule has 0 aliphatic heterocycles. The fraction of sp³-hybridized carbons (Fsp3) is 0.0714. The Balaban J connectivity index is 2.22. The molecule has 20 heavy (non-hydrogen) atoms. The first-order valence-corrected chi connectivity index (χ1v) is 8.00. The molecule has 0 spiro atoms. The monoisotopic (exact) mass is 309 g/mol. The number of rotatable bonds is 3. The van der Waals surface area contributed by atoms with Crippen LogP contribution in [0.1, 0.15) is 10.4 Å². The van der Waals surface area contributed by atoms with Gasteiger partial charge in [0.1, 0.15) is 0 Å². The first kappa shape index (κ1) is 14.6. The minimum absolute atomic E-state index is 0.159. The van der Waals surface area contributed by atoms with Crippen molar-refractivity contribution in [2.45, 2.75) is 4.90 Å². The fourth-order valence-electron chi connectivity index (χ4n) is 1.61. The number of anilines is 1. The number of nitrogens with one attached hydrogen (secondary N) is 1. The highest BCUT2D eigenvalue weighted by Gasteiger charge is 2.10. The van der Waals surface area contributed by atoms with Crippen molar-refractivity contribution < 1.29 is 13.2 Å². The Bertz CT molecular complexity index is 739. The summed E-state index contributed by atoms with van der Waals surface area (Å²) in [4.78, 5) is 12.1. The number of benzene rings is 2. The molecule has 6 heteroatoms. The van der Waals surface area contributed by atoms with Gasteiger partial charge < -0.3 is 5.32 Å². The highest BCUT2D eigenvalue weighted by Crippen LogP contribution is 2.17. The largest absolute Gasteiger partial charge is 0.322 e. The molecule has 1 amide bonds.